The van der Waals surface area contributed by atoms with Crippen molar-refractivity contribution in [3.8, 4) is 0 Å². The molecule has 0 atom stereocenters. The predicted molar refractivity (Wildman–Crippen MR) is 46.7 cm³/mol. The van der Waals surface area contributed by atoms with E-state index in [1.54, 1.807) is 0 Å². The molecule has 0 bridgehead atoms. The Kier molecular flexibility index (Phi) is 1.63. The van der Waals surface area contributed by atoms with Crippen LogP contribution in [0.15, 0.2) is 12.1 Å². The number of hydrogen-bond acceptors (Lipinski definition) is 1. The molecule has 0 saturated heterocycles. The molecule has 11 heavy (non-hydrogen) atoms. The van der Waals surface area contributed by atoms with E-state index in [4.69, 9.17) is 11.6 Å². The van der Waals surface area contributed by atoms with E-state index in [1.807, 2.05) is 6.07 Å². The molecule has 0 radical (unpaired) electrons. The van der Waals surface area contributed by atoms with Crippen LogP contribution in [-0.2, 0) is 13.1 Å². The number of aryl methyl sites for hydroxylation is 1. The van der Waals surface area contributed by atoms with E-state index >= 15 is 0 Å². The van der Waals surface area contributed by atoms with Crippen molar-refractivity contribution in [2.24, 2.45) is 0 Å². The SMILES string of the molecule is Cc1cc(Cl)c2c(c1)CNC2. The summed E-state index contributed by atoms with van der Waals surface area (Å²) in [6, 6.07) is 4.22. The average molecular weight is 168 g/mol. The minimum Gasteiger partial charge on any atom is -0.309 e. The molecule has 1 N–H and O–H groups in total. The molecular weight excluding hydrogens is 158 g/mol. The molecule has 58 valence electrons. The summed E-state index contributed by atoms with van der Waals surface area (Å²) in [5.74, 6) is 0. The van der Waals surface area contributed by atoms with Crippen LogP contribution in [0.25, 0.3) is 0 Å². The van der Waals surface area contributed by atoms with Crippen LogP contribution < -0.4 is 5.32 Å². The van der Waals surface area contributed by atoms with Gasteiger partial charge in [-0.2, -0.15) is 0 Å². The smallest absolute Gasteiger partial charge is 0.0456 e. The fourth-order valence-electron chi connectivity index (χ4n) is 1.52. The molecule has 1 aromatic rings. The third-order valence-corrected chi connectivity index (χ3v) is 2.39. The molecule has 1 nitrogen and oxygen atoms in total. The normalized spacial score (nSPS) is 15.1. The maximum atomic E-state index is 6.03. The maximum Gasteiger partial charge on any atom is 0.0456 e. The zero-order valence-electron chi connectivity index (χ0n) is 6.45. The topological polar surface area (TPSA) is 12.0 Å². The van der Waals surface area contributed by atoms with Gasteiger partial charge in [-0.25, -0.2) is 0 Å². The Morgan fingerprint density at radius 3 is 3.00 bits per heavy atom. The number of benzene rings is 1. The van der Waals surface area contributed by atoms with Gasteiger partial charge >= 0.3 is 0 Å². The Morgan fingerprint density at radius 1 is 1.36 bits per heavy atom. The quantitative estimate of drug-likeness (QED) is 0.625. The summed E-state index contributed by atoms with van der Waals surface area (Å²) >= 11 is 6.03. The van der Waals surface area contributed by atoms with Gasteiger partial charge in [0, 0.05) is 18.1 Å². The molecule has 1 heterocycles. The van der Waals surface area contributed by atoms with Gasteiger partial charge in [0.1, 0.15) is 0 Å². The first-order valence-corrected chi connectivity index (χ1v) is 4.14. The highest BCUT2D eigenvalue weighted by atomic mass is 35.5. The van der Waals surface area contributed by atoms with E-state index < -0.39 is 0 Å². The minimum atomic E-state index is 0.907. The number of rotatable bonds is 0. The second-order valence-corrected chi connectivity index (χ2v) is 3.40. The van der Waals surface area contributed by atoms with Gasteiger partial charge < -0.3 is 5.32 Å². The third kappa shape index (κ3) is 1.15. The summed E-state index contributed by atoms with van der Waals surface area (Å²) in [4.78, 5) is 0. The van der Waals surface area contributed by atoms with E-state index in [-0.39, 0.29) is 0 Å². The summed E-state index contributed by atoms with van der Waals surface area (Å²) < 4.78 is 0. The first kappa shape index (κ1) is 7.14. The molecule has 2 heteroatoms. The molecule has 0 fully saturated rings. The van der Waals surface area contributed by atoms with Crippen molar-refractivity contribution in [2.75, 3.05) is 0 Å². The molecule has 0 unspecified atom stereocenters. The van der Waals surface area contributed by atoms with Crippen LogP contribution in [0, 0.1) is 6.92 Å². The summed E-state index contributed by atoms with van der Waals surface area (Å²) in [5.41, 5.74) is 3.88. The van der Waals surface area contributed by atoms with Gasteiger partial charge in [-0.3, -0.25) is 0 Å². The molecule has 0 aromatic heterocycles. The van der Waals surface area contributed by atoms with Gasteiger partial charge in [0.2, 0.25) is 0 Å². The van der Waals surface area contributed by atoms with E-state index in [2.05, 4.69) is 18.3 Å². The molecule has 1 aliphatic heterocycles. The van der Waals surface area contributed by atoms with Crippen molar-refractivity contribution >= 4 is 11.6 Å². The van der Waals surface area contributed by atoms with Crippen LogP contribution in [0.4, 0.5) is 0 Å². The number of halogens is 1. The first-order chi connectivity index (χ1) is 5.27. The van der Waals surface area contributed by atoms with Gasteiger partial charge in [-0.15, -0.1) is 0 Å². The van der Waals surface area contributed by atoms with Crippen molar-refractivity contribution in [1.82, 2.24) is 5.32 Å². The van der Waals surface area contributed by atoms with Crippen LogP contribution in [-0.4, -0.2) is 0 Å². The lowest BCUT2D eigenvalue weighted by atomic mass is 10.1. The van der Waals surface area contributed by atoms with Crippen LogP contribution in [0.3, 0.4) is 0 Å². The average Bonchev–Trinajstić information content (AvgIpc) is 2.34. The largest absolute Gasteiger partial charge is 0.309 e. The highest BCUT2D eigenvalue weighted by Crippen LogP contribution is 2.25. The van der Waals surface area contributed by atoms with Gasteiger partial charge in [0.15, 0.2) is 0 Å². The standard InChI is InChI=1S/C9H10ClN/c1-6-2-7-4-11-5-8(7)9(10)3-6/h2-3,11H,4-5H2,1H3. The fourth-order valence-corrected chi connectivity index (χ4v) is 1.88. The van der Waals surface area contributed by atoms with E-state index in [1.165, 1.54) is 16.7 Å². The van der Waals surface area contributed by atoms with Crippen LogP contribution in [0.2, 0.25) is 5.02 Å². The molecule has 0 saturated carbocycles. The summed E-state index contributed by atoms with van der Waals surface area (Å²) in [7, 11) is 0. The van der Waals surface area contributed by atoms with Crippen LogP contribution in [0.5, 0.6) is 0 Å². The predicted octanol–water partition coefficient (Wildman–Crippen LogP) is 2.25. The lowest BCUT2D eigenvalue weighted by molar-refractivity contribution is 0.765. The molecule has 1 aliphatic rings. The fraction of sp³-hybridized carbons (Fsp3) is 0.333. The second kappa shape index (κ2) is 2.50. The Morgan fingerprint density at radius 2 is 2.18 bits per heavy atom. The summed E-state index contributed by atoms with van der Waals surface area (Å²) in [6.45, 7) is 3.97. The Bertz CT molecular complexity index is 294. The van der Waals surface area contributed by atoms with E-state index in [0.717, 1.165) is 18.1 Å². The molecule has 2 rings (SSSR count). The van der Waals surface area contributed by atoms with Crippen molar-refractivity contribution in [1.29, 1.82) is 0 Å². The molecular formula is C9H10ClN. The summed E-state index contributed by atoms with van der Waals surface area (Å²) in [5, 5.41) is 4.18. The highest BCUT2D eigenvalue weighted by Gasteiger charge is 2.12. The van der Waals surface area contributed by atoms with E-state index in [9.17, 15) is 0 Å². The van der Waals surface area contributed by atoms with Crippen LogP contribution >= 0.6 is 11.6 Å². The van der Waals surface area contributed by atoms with Gasteiger partial charge in [-0.05, 0) is 29.7 Å². The minimum absolute atomic E-state index is 0.907. The van der Waals surface area contributed by atoms with Crippen molar-refractivity contribution in [3.05, 3.63) is 33.8 Å². The number of hydrogen-bond donors (Lipinski definition) is 1. The molecule has 0 aliphatic carbocycles. The highest BCUT2D eigenvalue weighted by molar-refractivity contribution is 6.31. The zero-order valence-corrected chi connectivity index (χ0v) is 7.20. The maximum absolute atomic E-state index is 6.03. The lowest BCUT2D eigenvalue weighted by Crippen LogP contribution is -2.00. The third-order valence-electron chi connectivity index (χ3n) is 2.05. The monoisotopic (exact) mass is 167 g/mol. The Hall–Kier alpha value is -0.530. The van der Waals surface area contributed by atoms with Gasteiger partial charge in [0.25, 0.3) is 0 Å². The van der Waals surface area contributed by atoms with Gasteiger partial charge in [-0.1, -0.05) is 17.7 Å². The van der Waals surface area contributed by atoms with Gasteiger partial charge in [0.05, 0.1) is 0 Å². The van der Waals surface area contributed by atoms with Crippen LogP contribution in [0.1, 0.15) is 16.7 Å². The van der Waals surface area contributed by atoms with Crippen molar-refractivity contribution in [2.45, 2.75) is 20.0 Å². The molecule has 0 amide bonds. The molecule has 1 aromatic carbocycles. The van der Waals surface area contributed by atoms with Crippen molar-refractivity contribution < 1.29 is 0 Å². The van der Waals surface area contributed by atoms with E-state index in [0.29, 0.717) is 0 Å². The zero-order chi connectivity index (χ0) is 7.84. The molecule has 0 spiro atoms. The Balaban J connectivity index is 2.60. The lowest BCUT2D eigenvalue weighted by Gasteiger charge is -2.01. The number of fused-ring (bicyclic) bond motifs is 1. The Labute approximate surface area is 71.4 Å². The summed E-state index contributed by atoms with van der Waals surface area (Å²) in [6.07, 6.45) is 0. The second-order valence-electron chi connectivity index (χ2n) is 2.99. The first-order valence-electron chi connectivity index (χ1n) is 3.76. The van der Waals surface area contributed by atoms with Crippen molar-refractivity contribution in [3.63, 3.8) is 0 Å². The number of nitrogens with one attached hydrogen (secondary N) is 1.